The van der Waals surface area contributed by atoms with Gasteiger partial charge in [-0.3, -0.25) is 14.2 Å². The quantitative estimate of drug-likeness (QED) is 0.502. The maximum Gasteiger partial charge on any atom is 0.263 e. The molecule has 1 amide bonds. The number of rotatable bonds is 4. The third kappa shape index (κ3) is 3.91. The molecule has 0 radical (unpaired) electrons. The molecule has 3 heterocycles. The molecule has 0 aliphatic carbocycles. The molecule has 1 atom stereocenters. The SMILES string of the molecule is CC=c1cc(C(C)NC(=O)c2c(N)nn3cccnc23)n(-c2ccccc2)c(=O)c1=C(C)C. The molecule has 0 bridgehead atoms. The number of anilines is 1. The van der Waals surface area contributed by atoms with E-state index in [1.807, 2.05) is 70.2 Å². The maximum atomic E-state index is 13.6. The lowest BCUT2D eigenvalue weighted by atomic mass is 10.1. The fourth-order valence-electron chi connectivity index (χ4n) is 4.01. The highest BCUT2D eigenvalue weighted by atomic mass is 16.2. The van der Waals surface area contributed by atoms with E-state index in [1.54, 1.807) is 23.0 Å². The highest BCUT2D eigenvalue weighted by Crippen LogP contribution is 2.19. The van der Waals surface area contributed by atoms with Crippen molar-refractivity contribution in [2.24, 2.45) is 0 Å². The molecule has 0 saturated carbocycles. The van der Waals surface area contributed by atoms with E-state index in [-0.39, 0.29) is 16.9 Å². The maximum absolute atomic E-state index is 13.6. The Morgan fingerprint density at radius 2 is 1.91 bits per heavy atom. The summed E-state index contributed by atoms with van der Waals surface area (Å²) in [6, 6.07) is 12.5. The fourth-order valence-corrected chi connectivity index (χ4v) is 4.01. The summed E-state index contributed by atoms with van der Waals surface area (Å²) in [5, 5.41) is 8.61. The second-order valence-electron chi connectivity index (χ2n) is 8.01. The van der Waals surface area contributed by atoms with Crippen LogP contribution in [0.2, 0.25) is 0 Å². The smallest absolute Gasteiger partial charge is 0.263 e. The standard InChI is InChI=1S/C25H26N6O2/c1-5-17-14-19(31(18-10-7-6-8-11-18)25(33)20(17)15(2)3)16(4)28-24(32)21-22(26)29-30-13-9-12-27-23(21)30/h5-14,16H,1-4H3,(H2,26,29)(H,28,32). The van der Waals surface area contributed by atoms with Crippen molar-refractivity contribution < 1.29 is 4.79 Å². The van der Waals surface area contributed by atoms with Crippen LogP contribution in [0.4, 0.5) is 5.82 Å². The number of nitrogen functional groups attached to an aromatic ring is 1. The molecule has 33 heavy (non-hydrogen) atoms. The predicted octanol–water partition coefficient (Wildman–Crippen LogP) is 1.94. The Labute approximate surface area is 190 Å². The minimum absolute atomic E-state index is 0.0907. The van der Waals surface area contributed by atoms with Gasteiger partial charge in [-0.25, -0.2) is 9.50 Å². The molecule has 8 heteroatoms. The van der Waals surface area contributed by atoms with Crippen molar-refractivity contribution in [3.05, 3.63) is 86.9 Å². The number of hydrogen-bond donors (Lipinski definition) is 2. The van der Waals surface area contributed by atoms with Crippen molar-refractivity contribution in [1.29, 1.82) is 0 Å². The number of pyridine rings is 1. The molecule has 1 unspecified atom stereocenters. The van der Waals surface area contributed by atoms with Gasteiger partial charge in [-0.05, 0) is 57.2 Å². The number of aromatic nitrogens is 4. The second-order valence-corrected chi connectivity index (χ2v) is 8.01. The third-order valence-corrected chi connectivity index (χ3v) is 5.53. The van der Waals surface area contributed by atoms with Crippen molar-refractivity contribution in [3.63, 3.8) is 0 Å². The van der Waals surface area contributed by atoms with Crippen molar-refractivity contribution in [2.75, 3.05) is 5.73 Å². The molecular weight excluding hydrogens is 416 g/mol. The van der Waals surface area contributed by atoms with Gasteiger partial charge in [0.1, 0.15) is 5.56 Å². The van der Waals surface area contributed by atoms with Crippen molar-refractivity contribution >= 4 is 29.0 Å². The molecule has 3 aromatic heterocycles. The lowest BCUT2D eigenvalue weighted by molar-refractivity contribution is 0.0941. The Bertz CT molecular complexity index is 1530. The van der Waals surface area contributed by atoms with E-state index in [1.165, 1.54) is 4.52 Å². The number of nitrogens with two attached hydrogens (primary N) is 1. The second kappa shape index (κ2) is 8.74. The molecule has 0 saturated heterocycles. The molecule has 0 spiro atoms. The van der Waals surface area contributed by atoms with Crippen LogP contribution < -0.4 is 27.0 Å². The molecule has 4 aromatic rings. The lowest BCUT2D eigenvalue weighted by Crippen LogP contribution is -2.47. The molecule has 168 valence electrons. The van der Waals surface area contributed by atoms with Crippen LogP contribution in [0.5, 0.6) is 0 Å². The fraction of sp³-hybridized carbons (Fsp3) is 0.200. The van der Waals surface area contributed by atoms with Gasteiger partial charge in [-0.1, -0.05) is 29.8 Å². The third-order valence-electron chi connectivity index (χ3n) is 5.53. The zero-order chi connectivity index (χ0) is 23.7. The molecule has 1 aromatic carbocycles. The average Bonchev–Trinajstić information content (AvgIpc) is 3.14. The van der Waals surface area contributed by atoms with Crippen LogP contribution in [0.1, 0.15) is 49.8 Å². The van der Waals surface area contributed by atoms with Crippen LogP contribution in [0, 0.1) is 0 Å². The molecule has 0 aliphatic heterocycles. The van der Waals surface area contributed by atoms with Crippen molar-refractivity contribution in [2.45, 2.75) is 33.7 Å². The molecule has 0 fully saturated rings. The van der Waals surface area contributed by atoms with E-state index >= 15 is 0 Å². The van der Waals surface area contributed by atoms with Crippen LogP contribution in [0.15, 0.2) is 59.7 Å². The number of amides is 1. The summed E-state index contributed by atoms with van der Waals surface area (Å²) in [6.45, 7) is 7.57. The number of para-hydroxylation sites is 1. The minimum atomic E-state index is -0.506. The summed E-state index contributed by atoms with van der Waals surface area (Å²) >= 11 is 0. The van der Waals surface area contributed by atoms with Gasteiger partial charge in [-0.15, -0.1) is 5.10 Å². The number of carbonyl (C=O) groups is 1. The van der Waals surface area contributed by atoms with Gasteiger partial charge in [0.15, 0.2) is 11.5 Å². The van der Waals surface area contributed by atoms with Gasteiger partial charge in [-0.2, -0.15) is 0 Å². The topological polar surface area (TPSA) is 107 Å². The Morgan fingerprint density at radius 3 is 2.58 bits per heavy atom. The van der Waals surface area contributed by atoms with Crippen LogP contribution in [0.25, 0.3) is 23.0 Å². The van der Waals surface area contributed by atoms with Crippen LogP contribution >= 0.6 is 0 Å². The number of fused-ring (bicyclic) bond motifs is 1. The largest absolute Gasteiger partial charge is 0.381 e. The van der Waals surface area contributed by atoms with Gasteiger partial charge in [0.05, 0.1) is 6.04 Å². The summed E-state index contributed by atoms with van der Waals surface area (Å²) in [7, 11) is 0. The molecule has 8 nitrogen and oxygen atoms in total. The van der Waals surface area contributed by atoms with Gasteiger partial charge < -0.3 is 11.1 Å². The first-order chi connectivity index (χ1) is 15.8. The first-order valence-electron chi connectivity index (χ1n) is 10.7. The number of nitrogens with zero attached hydrogens (tertiary/aromatic N) is 4. The zero-order valence-electron chi connectivity index (χ0n) is 19.0. The molecular formula is C25H26N6O2. The summed E-state index contributed by atoms with van der Waals surface area (Å²) in [5.41, 5.74) is 8.75. The highest BCUT2D eigenvalue weighted by molar-refractivity contribution is 6.04. The number of hydrogen-bond acceptors (Lipinski definition) is 5. The summed E-state index contributed by atoms with van der Waals surface area (Å²) in [6.07, 6.45) is 5.16. The molecule has 4 rings (SSSR count). The lowest BCUT2D eigenvalue weighted by Gasteiger charge is -2.20. The predicted molar refractivity (Wildman–Crippen MR) is 129 cm³/mol. The van der Waals surface area contributed by atoms with Gasteiger partial charge in [0.25, 0.3) is 11.5 Å². The minimum Gasteiger partial charge on any atom is -0.381 e. The Kier molecular flexibility index (Phi) is 5.83. The summed E-state index contributed by atoms with van der Waals surface area (Å²) in [5.74, 6) is -0.321. The van der Waals surface area contributed by atoms with Crippen molar-refractivity contribution in [3.8, 4) is 5.69 Å². The van der Waals surface area contributed by atoms with E-state index in [0.29, 0.717) is 16.6 Å². The van der Waals surface area contributed by atoms with E-state index in [0.717, 1.165) is 16.5 Å². The average molecular weight is 443 g/mol. The monoisotopic (exact) mass is 442 g/mol. The number of carbonyl (C=O) groups excluding carboxylic acids is 1. The Balaban J connectivity index is 1.87. The van der Waals surface area contributed by atoms with Crippen molar-refractivity contribution in [1.82, 2.24) is 24.5 Å². The molecule has 3 N–H and O–H groups in total. The van der Waals surface area contributed by atoms with Gasteiger partial charge in [0.2, 0.25) is 0 Å². The zero-order valence-corrected chi connectivity index (χ0v) is 19.0. The van der Waals surface area contributed by atoms with Gasteiger partial charge in [0, 0.05) is 29.0 Å². The van der Waals surface area contributed by atoms with Crippen LogP contribution in [-0.2, 0) is 0 Å². The van der Waals surface area contributed by atoms with E-state index in [4.69, 9.17) is 5.73 Å². The normalized spacial score (nSPS) is 12.7. The highest BCUT2D eigenvalue weighted by Gasteiger charge is 2.23. The van der Waals surface area contributed by atoms with Crippen LogP contribution in [0.3, 0.4) is 0 Å². The summed E-state index contributed by atoms with van der Waals surface area (Å²) in [4.78, 5) is 31.1. The first-order valence-corrected chi connectivity index (χ1v) is 10.7. The Hall–Kier alpha value is -4.20. The Morgan fingerprint density at radius 1 is 1.18 bits per heavy atom. The number of nitrogens with one attached hydrogen (secondary N) is 1. The first kappa shape index (κ1) is 22.0. The van der Waals surface area contributed by atoms with E-state index < -0.39 is 11.9 Å². The van der Waals surface area contributed by atoms with Crippen LogP contribution in [-0.4, -0.2) is 25.1 Å². The van der Waals surface area contributed by atoms with Gasteiger partial charge >= 0.3 is 0 Å². The van der Waals surface area contributed by atoms with E-state index in [9.17, 15) is 9.59 Å². The summed E-state index contributed by atoms with van der Waals surface area (Å²) < 4.78 is 3.12. The number of benzene rings is 1. The molecule has 0 aliphatic rings. The van der Waals surface area contributed by atoms with E-state index in [2.05, 4.69) is 15.4 Å².